The van der Waals surface area contributed by atoms with Gasteiger partial charge in [0.15, 0.2) is 11.3 Å². The number of aliphatic carboxylic acids is 1. The molecule has 2 heterocycles. The van der Waals surface area contributed by atoms with Crippen molar-refractivity contribution in [3.8, 4) is 11.4 Å². The fourth-order valence-electron chi connectivity index (χ4n) is 1.81. The number of hydrogen-bond donors (Lipinski definition) is 2. The molecule has 2 aromatic heterocycles. The van der Waals surface area contributed by atoms with Crippen LogP contribution in [0.25, 0.3) is 11.4 Å². The van der Waals surface area contributed by atoms with Crippen molar-refractivity contribution in [1.29, 1.82) is 0 Å². The van der Waals surface area contributed by atoms with Gasteiger partial charge in [-0.1, -0.05) is 6.92 Å². The summed E-state index contributed by atoms with van der Waals surface area (Å²) in [5.41, 5.74) is 0.0938. The molecular formula is C11H13N5O3. The summed E-state index contributed by atoms with van der Waals surface area (Å²) in [5.74, 6) is -0.662. The summed E-state index contributed by atoms with van der Waals surface area (Å²) >= 11 is 0. The number of pyridine rings is 1. The van der Waals surface area contributed by atoms with Crippen molar-refractivity contribution in [2.45, 2.75) is 25.8 Å². The van der Waals surface area contributed by atoms with Crippen LogP contribution in [0.3, 0.4) is 0 Å². The smallest absolute Gasteiger partial charge is 0.305 e. The van der Waals surface area contributed by atoms with Crippen molar-refractivity contribution in [3.63, 3.8) is 0 Å². The van der Waals surface area contributed by atoms with Crippen molar-refractivity contribution in [2.24, 2.45) is 0 Å². The molecule has 100 valence electrons. The molecule has 8 nitrogen and oxygen atoms in total. The number of hydrogen-bond acceptors (Lipinski definition) is 5. The average molecular weight is 263 g/mol. The van der Waals surface area contributed by atoms with Gasteiger partial charge in [0.1, 0.15) is 0 Å². The molecule has 2 aromatic rings. The molecular weight excluding hydrogens is 250 g/mol. The first-order valence-electron chi connectivity index (χ1n) is 5.80. The monoisotopic (exact) mass is 263 g/mol. The van der Waals surface area contributed by atoms with Crippen LogP contribution in [-0.4, -0.2) is 36.3 Å². The maximum absolute atomic E-state index is 11.8. The van der Waals surface area contributed by atoms with E-state index in [4.69, 9.17) is 5.11 Å². The van der Waals surface area contributed by atoms with Gasteiger partial charge in [0.05, 0.1) is 18.0 Å². The number of rotatable bonds is 5. The summed E-state index contributed by atoms with van der Waals surface area (Å²) in [5, 5.41) is 20.0. The number of nitrogens with one attached hydrogen (secondary N) is 1. The van der Waals surface area contributed by atoms with E-state index >= 15 is 0 Å². The zero-order chi connectivity index (χ0) is 13.8. The van der Waals surface area contributed by atoms with Crippen LogP contribution in [0.4, 0.5) is 0 Å². The lowest BCUT2D eigenvalue weighted by Gasteiger charge is -2.13. The van der Waals surface area contributed by atoms with Crippen molar-refractivity contribution >= 4 is 5.97 Å². The number of aromatic nitrogens is 5. The lowest BCUT2D eigenvalue weighted by Crippen LogP contribution is -2.17. The van der Waals surface area contributed by atoms with E-state index in [1.807, 2.05) is 6.92 Å². The third-order valence-corrected chi connectivity index (χ3v) is 2.79. The highest BCUT2D eigenvalue weighted by Crippen LogP contribution is 2.20. The highest BCUT2D eigenvalue weighted by atomic mass is 16.4. The van der Waals surface area contributed by atoms with Crippen LogP contribution in [0.2, 0.25) is 0 Å². The second kappa shape index (κ2) is 5.42. The maximum Gasteiger partial charge on any atom is 0.305 e. The Labute approximate surface area is 108 Å². The van der Waals surface area contributed by atoms with E-state index in [9.17, 15) is 9.59 Å². The molecule has 0 radical (unpaired) electrons. The maximum atomic E-state index is 11.8. The summed E-state index contributed by atoms with van der Waals surface area (Å²) in [6.45, 7) is 1.84. The molecule has 0 fully saturated rings. The molecule has 0 amide bonds. The summed E-state index contributed by atoms with van der Waals surface area (Å²) < 4.78 is 1.39. The first-order chi connectivity index (χ1) is 9.13. The molecule has 0 spiro atoms. The molecule has 0 saturated carbocycles. The topological polar surface area (TPSA) is 114 Å². The van der Waals surface area contributed by atoms with Crippen molar-refractivity contribution in [1.82, 2.24) is 25.2 Å². The quantitative estimate of drug-likeness (QED) is 0.809. The summed E-state index contributed by atoms with van der Waals surface area (Å²) in [7, 11) is 0. The third kappa shape index (κ3) is 2.67. The highest BCUT2D eigenvalue weighted by molar-refractivity contribution is 5.67. The van der Waals surface area contributed by atoms with Crippen LogP contribution >= 0.6 is 0 Å². The van der Waals surface area contributed by atoms with E-state index in [2.05, 4.69) is 20.5 Å². The summed E-state index contributed by atoms with van der Waals surface area (Å²) in [6.07, 6.45) is 3.46. The second-order valence-corrected chi connectivity index (χ2v) is 4.03. The number of aromatic amines is 1. The van der Waals surface area contributed by atoms with Crippen LogP contribution in [0.1, 0.15) is 25.8 Å². The molecule has 0 aliphatic rings. The average Bonchev–Trinajstić information content (AvgIpc) is 2.85. The van der Waals surface area contributed by atoms with Gasteiger partial charge in [-0.3, -0.25) is 9.59 Å². The van der Waals surface area contributed by atoms with Crippen molar-refractivity contribution in [3.05, 3.63) is 28.7 Å². The van der Waals surface area contributed by atoms with Gasteiger partial charge in [-0.2, -0.15) is 0 Å². The number of tetrazole rings is 1. The van der Waals surface area contributed by atoms with Gasteiger partial charge in [0, 0.05) is 18.5 Å². The molecule has 0 bridgehead atoms. The van der Waals surface area contributed by atoms with E-state index in [1.54, 1.807) is 0 Å². The van der Waals surface area contributed by atoms with Gasteiger partial charge in [-0.05, 0) is 16.8 Å². The van der Waals surface area contributed by atoms with E-state index < -0.39 is 5.97 Å². The summed E-state index contributed by atoms with van der Waals surface area (Å²) in [4.78, 5) is 25.4. The SMILES string of the molecule is CCC(CC(=O)O)n1nnnc1-c1c[nH]ccc1=O. The lowest BCUT2D eigenvalue weighted by molar-refractivity contribution is -0.138. The Bertz CT molecular complexity index is 633. The molecule has 2 N–H and O–H groups in total. The van der Waals surface area contributed by atoms with Crippen LogP contribution in [0, 0.1) is 0 Å². The first kappa shape index (κ1) is 12.9. The summed E-state index contributed by atoms with van der Waals surface area (Å²) in [6, 6.07) is 0.981. The molecule has 0 saturated heterocycles. The Morgan fingerprint density at radius 2 is 2.37 bits per heavy atom. The first-order valence-corrected chi connectivity index (χ1v) is 5.80. The fourth-order valence-corrected chi connectivity index (χ4v) is 1.81. The molecule has 0 aromatic carbocycles. The van der Waals surface area contributed by atoms with Crippen molar-refractivity contribution < 1.29 is 9.90 Å². The Hall–Kier alpha value is -2.51. The van der Waals surface area contributed by atoms with E-state index in [0.717, 1.165) is 0 Å². The van der Waals surface area contributed by atoms with Crippen LogP contribution < -0.4 is 5.43 Å². The van der Waals surface area contributed by atoms with Gasteiger partial charge in [-0.15, -0.1) is 5.10 Å². The van der Waals surface area contributed by atoms with Gasteiger partial charge < -0.3 is 10.1 Å². The molecule has 2 rings (SSSR count). The molecule has 8 heteroatoms. The Kier molecular flexibility index (Phi) is 3.69. The molecule has 1 atom stereocenters. The van der Waals surface area contributed by atoms with Crippen molar-refractivity contribution in [2.75, 3.05) is 0 Å². The van der Waals surface area contributed by atoms with Gasteiger partial charge in [-0.25, -0.2) is 4.68 Å². The zero-order valence-electron chi connectivity index (χ0n) is 10.3. The standard InChI is InChI=1S/C11H13N5O3/c1-2-7(5-10(18)19)16-11(13-14-15-16)8-6-12-4-3-9(8)17/h3-4,6-7H,2,5H2,1H3,(H,12,17)(H,18,19). The zero-order valence-corrected chi connectivity index (χ0v) is 10.3. The number of nitrogens with zero attached hydrogens (tertiary/aromatic N) is 4. The largest absolute Gasteiger partial charge is 0.481 e. The third-order valence-electron chi connectivity index (χ3n) is 2.79. The van der Waals surface area contributed by atoms with E-state index in [0.29, 0.717) is 12.0 Å². The van der Waals surface area contributed by atoms with Crippen LogP contribution in [0.15, 0.2) is 23.3 Å². The highest BCUT2D eigenvalue weighted by Gasteiger charge is 2.20. The molecule has 0 aliphatic heterocycles. The fraction of sp³-hybridized carbons (Fsp3) is 0.364. The number of carboxylic acids is 1. The predicted molar refractivity (Wildman–Crippen MR) is 65.5 cm³/mol. The van der Waals surface area contributed by atoms with E-state index in [-0.39, 0.29) is 23.7 Å². The normalized spacial score (nSPS) is 12.3. The molecule has 1 unspecified atom stereocenters. The minimum atomic E-state index is -0.935. The van der Waals surface area contributed by atoms with Gasteiger partial charge in [0.2, 0.25) is 0 Å². The number of carbonyl (C=O) groups is 1. The number of carboxylic acid groups (broad SMARTS) is 1. The minimum Gasteiger partial charge on any atom is -0.481 e. The van der Waals surface area contributed by atoms with Crippen LogP contribution in [0.5, 0.6) is 0 Å². The molecule has 19 heavy (non-hydrogen) atoms. The van der Waals surface area contributed by atoms with Gasteiger partial charge >= 0.3 is 5.97 Å². The number of H-pyrrole nitrogens is 1. The Morgan fingerprint density at radius 3 is 3.00 bits per heavy atom. The minimum absolute atomic E-state index is 0.0979. The predicted octanol–water partition coefficient (Wildman–Crippen LogP) is 0.454. The Morgan fingerprint density at radius 1 is 1.58 bits per heavy atom. The second-order valence-electron chi connectivity index (χ2n) is 4.03. The Balaban J connectivity index is 2.45. The molecule has 0 aliphatic carbocycles. The van der Waals surface area contributed by atoms with E-state index in [1.165, 1.54) is 23.1 Å². The lowest BCUT2D eigenvalue weighted by atomic mass is 10.1. The van der Waals surface area contributed by atoms with Gasteiger partial charge in [0.25, 0.3) is 0 Å². The van der Waals surface area contributed by atoms with Crippen LogP contribution in [-0.2, 0) is 4.79 Å².